The van der Waals surface area contributed by atoms with Crippen molar-refractivity contribution in [3.8, 4) is 0 Å². The minimum atomic E-state index is -3.36. The Morgan fingerprint density at radius 1 is 1.33 bits per heavy atom. The van der Waals surface area contributed by atoms with E-state index in [1.165, 1.54) is 11.3 Å². The number of ether oxygens (including phenoxy) is 1. The topological polar surface area (TPSA) is 58.6 Å². The van der Waals surface area contributed by atoms with E-state index < -0.39 is 10.0 Å². The van der Waals surface area contributed by atoms with E-state index in [0.717, 1.165) is 17.7 Å². The molecule has 0 saturated carbocycles. The molecule has 0 aliphatic carbocycles. The molecule has 2 atom stereocenters. The number of nitrogens with one attached hydrogen (secondary N) is 1. The second-order valence-electron chi connectivity index (χ2n) is 6.04. The van der Waals surface area contributed by atoms with Crippen LogP contribution in [0.1, 0.15) is 31.6 Å². The van der Waals surface area contributed by atoms with Crippen LogP contribution in [0.25, 0.3) is 0 Å². The molecule has 2 unspecified atom stereocenters. The van der Waals surface area contributed by atoms with Crippen molar-refractivity contribution >= 4 is 21.4 Å². The Kier molecular flexibility index (Phi) is 4.38. The lowest BCUT2D eigenvalue weighted by Crippen LogP contribution is -2.45. The zero-order valence-electron chi connectivity index (χ0n) is 12.4. The Morgan fingerprint density at radius 3 is 2.62 bits per heavy atom. The molecule has 0 radical (unpaired) electrons. The van der Waals surface area contributed by atoms with E-state index in [1.807, 2.05) is 6.07 Å². The van der Waals surface area contributed by atoms with Crippen LogP contribution in [0.4, 0.5) is 0 Å². The molecule has 5 nitrogen and oxygen atoms in total. The van der Waals surface area contributed by atoms with Crippen LogP contribution in [0.3, 0.4) is 0 Å². The molecule has 2 fully saturated rings. The number of fused-ring (bicyclic) bond motifs is 2. The summed E-state index contributed by atoms with van der Waals surface area (Å²) in [5.41, 5.74) is 0. The van der Waals surface area contributed by atoms with Gasteiger partial charge in [0.1, 0.15) is 4.21 Å². The maximum atomic E-state index is 12.7. The lowest BCUT2D eigenvalue weighted by Gasteiger charge is -2.30. The van der Waals surface area contributed by atoms with Crippen LogP contribution in [0.15, 0.2) is 16.3 Å². The van der Waals surface area contributed by atoms with Crippen molar-refractivity contribution < 1.29 is 13.2 Å². The maximum Gasteiger partial charge on any atom is 0.252 e. The fraction of sp³-hybridized carbons (Fsp3) is 0.714. The second-order valence-corrected chi connectivity index (χ2v) is 9.37. The summed E-state index contributed by atoms with van der Waals surface area (Å²) in [5.74, 6) is 0. The number of hydrogen-bond acceptors (Lipinski definition) is 5. The number of rotatable bonds is 5. The lowest BCUT2D eigenvalue weighted by atomic mass is 10.2. The van der Waals surface area contributed by atoms with Crippen molar-refractivity contribution in [3.63, 3.8) is 0 Å². The molecule has 2 aliphatic rings. The molecule has 7 heteroatoms. The highest BCUT2D eigenvalue weighted by atomic mass is 32.2. The molecule has 2 saturated heterocycles. The number of thiophene rings is 1. The van der Waals surface area contributed by atoms with E-state index in [1.54, 1.807) is 10.4 Å². The predicted octanol–water partition coefficient (Wildman–Crippen LogP) is 1.80. The summed E-state index contributed by atoms with van der Waals surface area (Å²) in [5, 5.41) is 3.31. The summed E-state index contributed by atoms with van der Waals surface area (Å²) in [6.45, 7) is 5.86. The van der Waals surface area contributed by atoms with Gasteiger partial charge < -0.3 is 10.1 Å². The maximum absolute atomic E-state index is 12.7. The Morgan fingerprint density at radius 2 is 2.00 bits per heavy atom. The van der Waals surface area contributed by atoms with Crippen molar-refractivity contribution in [3.05, 3.63) is 17.0 Å². The molecule has 1 aromatic rings. The molecular formula is C14H22N2O3S2. The van der Waals surface area contributed by atoms with Gasteiger partial charge in [-0.1, -0.05) is 13.8 Å². The van der Waals surface area contributed by atoms with Gasteiger partial charge in [0.15, 0.2) is 0 Å². The summed E-state index contributed by atoms with van der Waals surface area (Å²) >= 11 is 1.37. The highest BCUT2D eigenvalue weighted by molar-refractivity contribution is 7.91. The Labute approximate surface area is 130 Å². The van der Waals surface area contributed by atoms with Gasteiger partial charge in [-0.25, -0.2) is 8.42 Å². The third-order valence-corrected chi connectivity index (χ3v) is 7.31. The van der Waals surface area contributed by atoms with Crippen LogP contribution < -0.4 is 5.32 Å². The zero-order chi connectivity index (χ0) is 15.0. The van der Waals surface area contributed by atoms with E-state index in [9.17, 15) is 8.42 Å². The van der Waals surface area contributed by atoms with Crippen molar-refractivity contribution in [1.82, 2.24) is 9.62 Å². The zero-order valence-corrected chi connectivity index (χ0v) is 14.0. The molecule has 0 amide bonds. The van der Waals surface area contributed by atoms with Gasteiger partial charge in [-0.15, -0.1) is 11.3 Å². The molecule has 1 N–H and O–H groups in total. The van der Waals surface area contributed by atoms with E-state index in [0.29, 0.717) is 29.9 Å². The highest BCUT2D eigenvalue weighted by Gasteiger charge is 2.39. The molecule has 1 aromatic heterocycles. The second kappa shape index (κ2) is 5.96. The van der Waals surface area contributed by atoms with E-state index >= 15 is 0 Å². The quantitative estimate of drug-likeness (QED) is 0.894. The van der Waals surface area contributed by atoms with Crippen LogP contribution in [0.5, 0.6) is 0 Å². The van der Waals surface area contributed by atoms with Crippen LogP contribution in [0, 0.1) is 0 Å². The standard InChI is InChI=1S/C14H22N2O3S2/c1-10(2)15-7-13-5-6-14(20-13)21(17,18)16-8-11-3-4-12(9-16)19-11/h5-6,10-12,15H,3-4,7-9H2,1-2H3. The van der Waals surface area contributed by atoms with Gasteiger partial charge in [0.05, 0.1) is 12.2 Å². The van der Waals surface area contributed by atoms with Crippen molar-refractivity contribution in [2.24, 2.45) is 0 Å². The Hall–Kier alpha value is -0.470. The monoisotopic (exact) mass is 330 g/mol. The minimum absolute atomic E-state index is 0.0839. The fourth-order valence-electron chi connectivity index (χ4n) is 2.80. The number of sulfonamides is 1. The van der Waals surface area contributed by atoms with Crippen LogP contribution in [-0.4, -0.2) is 44.1 Å². The van der Waals surface area contributed by atoms with Gasteiger partial charge in [-0.05, 0) is 25.0 Å². The van der Waals surface area contributed by atoms with Crippen molar-refractivity contribution in [2.45, 2.75) is 55.7 Å². The van der Waals surface area contributed by atoms with Crippen molar-refractivity contribution in [2.75, 3.05) is 13.1 Å². The van der Waals surface area contributed by atoms with Gasteiger partial charge in [-0.3, -0.25) is 0 Å². The van der Waals surface area contributed by atoms with Crippen molar-refractivity contribution in [1.29, 1.82) is 0 Å². The minimum Gasteiger partial charge on any atom is -0.372 e. The molecule has 2 bridgehead atoms. The normalized spacial score (nSPS) is 26.6. The van der Waals surface area contributed by atoms with Crippen LogP contribution in [-0.2, 0) is 21.3 Å². The molecule has 118 valence electrons. The third kappa shape index (κ3) is 3.32. The first-order chi connectivity index (χ1) is 9.95. The van der Waals surface area contributed by atoms with E-state index in [4.69, 9.17) is 4.74 Å². The van der Waals surface area contributed by atoms with E-state index in [-0.39, 0.29) is 12.2 Å². The first kappa shape index (κ1) is 15.4. The third-order valence-electron chi connectivity index (χ3n) is 3.93. The largest absolute Gasteiger partial charge is 0.372 e. The molecule has 3 rings (SSSR count). The van der Waals surface area contributed by atoms with Gasteiger partial charge in [-0.2, -0.15) is 4.31 Å². The van der Waals surface area contributed by atoms with Gasteiger partial charge in [0, 0.05) is 30.6 Å². The molecule has 21 heavy (non-hydrogen) atoms. The van der Waals surface area contributed by atoms with Crippen LogP contribution in [0.2, 0.25) is 0 Å². The molecule has 0 spiro atoms. The number of morpholine rings is 1. The summed E-state index contributed by atoms with van der Waals surface area (Å²) in [6.07, 6.45) is 2.12. The summed E-state index contributed by atoms with van der Waals surface area (Å²) in [7, 11) is -3.36. The molecule has 0 aromatic carbocycles. The molecule has 3 heterocycles. The Bertz CT molecular complexity index is 585. The van der Waals surface area contributed by atoms with Gasteiger partial charge in [0.2, 0.25) is 0 Å². The smallest absolute Gasteiger partial charge is 0.252 e. The van der Waals surface area contributed by atoms with Crippen LogP contribution >= 0.6 is 11.3 Å². The molecular weight excluding hydrogens is 308 g/mol. The Balaban J connectivity index is 1.73. The predicted molar refractivity (Wildman–Crippen MR) is 82.9 cm³/mol. The summed E-state index contributed by atoms with van der Waals surface area (Å²) < 4.78 is 33.2. The highest BCUT2D eigenvalue weighted by Crippen LogP contribution is 2.32. The first-order valence-corrected chi connectivity index (χ1v) is 9.68. The summed E-state index contributed by atoms with van der Waals surface area (Å²) in [6, 6.07) is 4.03. The average Bonchev–Trinajstić information content (AvgIpc) is 3.03. The average molecular weight is 330 g/mol. The fourth-order valence-corrected chi connectivity index (χ4v) is 5.76. The number of hydrogen-bond donors (Lipinski definition) is 1. The van der Waals surface area contributed by atoms with Gasteiger partial charge >= 0.3 is 0 Å². The SMILES string of the molecule is CC(C)NCc1ccc(S(=O)(=O)N2CC3CCC(C2)O3)s1. The lowest BCUT2D eigenvalue weighted by molar-refractivity contribution is -0.0114. The molecule has 2 aliphatic heterocycles. The van der Waals surface area contributed by atoms with E-state index in [2.05, 4.69) is 19.2 Å². The number of nitrogens with zero attached hydrogens (tertiary/aromatic N) is 1. The van der Waals surface area contributed by atoms with Gasteiger partial charge in [0.25, 0.3) is 10.0 Å². The summed E-state index contributed by atoms with van der Waals surface area (Å²) in [4.78, 5) is 1.05. The first-order valence-electron chi connectivity index (χ1n) is 7.43.